The molecule has 0 bridgehead atoms. The van der Waals surface area contributed by atoms with Crippen LogP contribution in [0.25, 0.3) is 0 Å². The molecule has 1 fully saturated rings. The topological polar surface area (TPSA) is 89.7 Å². The van der Waals surface area contributed by atoms with Gasteiger partial charge in [-0.1, -0.05) is 11.6 Å². The molecule has 21 heavy (non-hydrogen) atoms. The highest BCUT2D eigenvalue weighted by Crippen LogP contribution is 2.31. The van der Waals surface area contributed by atoms with Gasteiger partial charge >= 0.3 is 5.97 Å². The zero-order chi connectivity index (χ0) is 15.8. The van der Waals surface area contributed by atoms with E-state index >= 15 is 0 Å². The Kier molecular flexibility index (Phi) is 4.46. The van der Waals surface area contributed by atoms with Crippen molar-refractivity contribution in [3.63, 3.8) is 0 Å². The maximum Gasteiger partial charge on any atom is 0.310 e. The number of rotatable bonds is 3. The Labute approximate surface area is 128 Å². The second kappa shape index (κ2) is 5.82. The standard InChI is InChI=1S/C13H17ClN2O4S/c1-8-5-10(14)11(15)6-12(8)21(18,19)16-4-3-9(7-16)13(17)20-2/h5-6,9H,3-4,7,15H2,1-2H3. The Morgan fingerprint density at radius 2 is 2.14 bits per heavy atom. The first kappa shape index (κ1) is 16.1. The number of esters is 1. The predicted molar refractivity (Wildman–Crippen MR) is 79.5 cm³/mol. The van der Waals surface area contributed by atoms with Crippen molar-refractivity contribution in [3.8, 4) is 0 Å². The summed E-state index contributed by atoms with van der Waals surface area (Å²) in [5.41, 5.74) is 6.43. The van der Waals surface area contributed by atoms with Crippen LogP contribution in [0, 0.1) is 12.8 Å². The first-order chi connectivity index (χ1) is 9.77. The fourth-order valence-corrected chi connectivity index (χ4v) is 4.35. The molecule has 1 unspecified atom stereocenters. The minimum absolute atomic E-state index is 0.120. The molecule has 1 aromatic carbocycles. The molecule has 1 aliphatic heterocycles. The summed E-state index contributed by atoms with van der Waals surface area (Å²) >= 11 is 5.88. The van der Waals surface area contributed by atoms with Crippen molar-refractivity contribution in [1.82, 2.24) is 4.31 Å². The van der Waals surface area contributed by atoms with Gasteiger partial charge in [0.15, 0.2) is 0 Å². The van der Waals surface area contributed by atoms with Gasteiger partial charge in [0.2, 0.25) is 10.0 Å². The Balaban J connectivity index is 2.32. The molecule has 6 nitrogen and oxygen atoms in total. The fraction of sp³-hybridized carbons (Fsp3) is 0.462. The molecule has 1 atom stereocenters. The number of halogens is 1. The Morgan fingerprint density at radius 1 is 1.48 bits per heavy atom. The minimum Gasteiger partial charge on any atom is -0.469 e. The van der Waals surface area contributed by atoms with Crippen molar-refractivity contribution < 1.29 is 17.9 Å². The zero-order valence-corrected chi connectivity index (χ0v) is 13.4. The van der Waals surface area contributed by atoms with E-state index in [0.29, 0.717) is 17.0 Å². The van der Waals surface area contributed by atoms with Crippen LogP contribution in [0.15, 0.2) is 17.0 Å². The van der Waals surface area contributed by atoms with E-state index in [1.54, 1.807) is 6.92 Å². The summed E-state index contributed by atoms with van der Waals surface area (Å²) in [4.78, 5) is 11.6. The summed E-state index contributed by atoms with van der Waals surface area (Å²) < 4.78 is 31.2. The fourth-order valence-electron chi connectivity index (χ4n) is 2.39. The lowest BCUT2D eigenvalue weighted by atomic mass is 10.1. The number of sulfonamides is 1. The molecule has 116 valence electrons. The van der Waals surface area contributed by atoms with E-state index < -0.39 is 15.9 Å². The van der Waals surface area contributed by atoms with Gasteiger partial charge in [0.25, 0.3) is 0 Å². The number of nitrogens with two attached hydrogens (primary N) is 1. The molecule has 1 heterocycles. The average Bonchev–Trinajstić information content (AvgIpc) is 2.92. The average molecular weight is 333 g/mol. The molecule has 2 N–H and O–H groups in total. The maximum atomic E-state index is 12.7. The van der Waals surface area contributed by atoms with Crippen LogP contribution >= 0.6 is 11.6 Å². The summed E-state index contributed by atoms with van der Waals surface area (Å²) in [6.45, 7) is 2.06. The summed E-state index contributed by atoms with van der Waals surface area (Å²) in [5.74, 6) is -0.810. The van der Waals surface area contributed by atoms with Gasteiger partial charge in [-0.3, -0.25) is 4.79 Å². The van der Waals surface area contributed by atoms with Crippen molar-refractivity contribution in [2.75, 3.05) is 25.9 Å². The summed E-state index contributed by atoms with van der Waals surface area (Å²) in [7, 11) is -2.40. The van der Waals surface area contributed by atoms with E-state index in [-0.39, 0.29) is 29.6 Å². The Bertz CT molecular complexity index is 675. The lowest BCUT2D eigenvalue weighted by Crippen LogP contribution is -2.31. The normalized spacial score (nSPS) is 19.7. The molecule has 0 aliphatic carbocycles. The van der Waals surface area contributed by atoms with Gasteiger partial charge < -0.3 is 10.5 Å². The van der Waals surface area contributed by atoms with Crippen LogP contribution in [-0.4, -0.2) is 38.9 Å². The number of anilines is 1. The molecular formula is C13H17ClN2O4S. The molecule has 0 radical (unpaired) electrons. The number of hydrogen-bond donors (Lipinski definition) is 1. The molecular weight excluding hydrogens is 316 g/mol. The third-order valence-corrected chi connectivity index (χ3v) is 5.93. The highest BCUT2D eigenvalue weighted by atomic mass is 35.5. The highest BCUT2D eigenvalue weighted by molar-refractivity contribution is 7.89. The van der Waals surface area contributed by atoms with E-state index in [2.05, 4.69) is 4.74 Å². The SMILES string of the molecule is COC(=O)C1CCN(S(=O)(=O)c2cc(N)c(Cl)cc2C)C1. The van der Waals surface area contributed by atoms with E-state index in [9.17, 15) is 13.2 Å². The molecule has 0 spiro atoms. The number of ether oxygens (including phenoxy) is 1. The molecule has 0 amide bonds. The molecule has 1 saturated heterocycles. The molecule has 0 aromatic heterocycles. The highest BCUT2D eigenvalue weighted by Gasteiger charge is 2.37. The van der Waals surface area contributed by atoms with Crippen molar-refractivity contribution in [2.24, 2.45) is 5.92 Å². The molecule has 0 saturated carbocycles. The van der Waals surface area contributed by atoms with Crippen molar-refractivity contribution in [1.29, 1.82) is 0 Å². The van der Waals surface area contributed by atoms with Crippen LogP contribution in [0.2, 0.25) is 5.02 Å². The summed E-state index contributed by atoms with van der Waals surface area (Å²) in [5, 5.41) is 0.320. The first-order valence-corrected chi connectivity index (χ1v) is 8.22. The molecule has 8 heteroatoms. The Hall–Kier alpha value is -1.31. The van der Waals surface area contributed by atoms with Gasteiger partial charge in [0.1, 0.15) is 0 Å². The zero-order valence-electron chi connectivity index (χ0n) is 11.8. The predicted octanol–water partition coefficient (Wildman–Crippen LogP) is 1.41. The van der Waals surface area contributed by atoms with Gasteiger partial charge in [0.05, 0.1) is 28.6 Å². The third-order valence-electron chi connectivity index (χ3n) is 3.60. The number of nitrogen functional groups attached to an aromatic ring is 1. The number of aryl methyl sites for hydroxylation is 1. The molecule has 1 aromatic rings. The lowest BCUT2D eigenvalue weighted by Gasteiger charge is -2.18. The van der Waals surface area contributed by atoms with E-state index in [4.69, 9.17) is 17.3 Å². The summed E-state index contributed by atoms with van der Waals surface area (Å²) in [6, 6.07) is 2.89. The number of hydrogen-bond acceptors (Lipinski definition) is 5. The lowest BCUT2D eigenvalue weighted by molar-refractivity contribution is -0.144. The first-order valence-electron chi connectivity index (χ1n) is 6.41. The monoisotopic (exact) mass is 332 g/mol. The smallest absolute Gasteiger partial charge is 0.310 e. The van der Waals surface area contributed by atoms with Crippen molar-refractivity contribution in [3.05, 3.63) is 22.7 Å². The molecule has 2 rings (SSSR count). The van der Waals surface area contributed by atoms with Crippen molar-refractivity contribution in [2.45, 2.75) is 18.2 Å². The van der Waals surface area contributed by atoms with E-state index in [0.717, 1.165) is 0 Å². The summed E-state index contributed by atoms with van der Waals surface area (Å²) in [6.07, 6.45) is 0.452. The largest absolute Gasteiger partial charge is 0.469 e. The third kappa shape index (κ3) is 3.00. The van der Waals surface area contributed by atoms with Gasteiger partial charge in [-0.15, -0.1) is 0 Å². The number of nitrogens with zero attached hydrogens (tertiary/aromatic N) is 1. The second-order valence-electron chi connectivity index (χ2n) is 5.01. The van der Waals surface area contributed by atoms with E-state index in [1.165, 1.54) is 23.5 Å². The van der Waals surface area contributed by atoms with Crippen LogP contribution < -0.4 is 5.73 Å². The Morgan fingerprint density at radius 3 is 2.76 bits per heavy atom. The maximum absolute atomic E-state index is 12.7. The van der Waals surface area contributed by atoms with Crippen molar-refractivity contribution >= 4 is 33.3 Å². The molecule has 1 aliphatic rings. The minimum atomic E-state index is -3.70. The number of carbonyl (C=O) groups is 1. The van der Waals surface area contributed by atoms with Crippen LogP contribution in [0.5, 0.6) is 0 Å². The van der Waals surface area contributed by atoms with Gasteiger partial charge in [-0.2, -0.15) is 4.31 Å². The van der Waals surface area contributed by atoms with Crippen LogP contribution in [0.4, 0.5) is 5.69 Å². The van der Waals surface area contributed by atoms with Crippen LogP contribution in [0.1, 0.15) is 12.0 Å². The van der Waals surface area contributed by atoms with Crippen LogP contribution in [0.3, 0.4) is 0 Å². The number of methoxy groups -OCH3 is 1. The van der Waals surface area contributed by atoms with Gasteiger partial charge in [-0.05, 0) is 31.0 Å². The number of benzene rings is 1. The quantitative estimate of drug-likeness (QED) is 0.667. The van der Waals surface area contributed by atoms with E-state index in [1.807, 2.05) is 0 Å². The number of carbonyl (C=O) groups excluding carboxylic acids is 1. The second-order valence-corrected chi connectivity index (χ2v) is 7.32. The van der Waals surface area contributed by atoms with Gasteiger partial charge in [0, 0.05) is 13.1 Å². The van der Waals surface area contributed by atoms with Crippen LogP contribution in [-0.2, 0) is 19.6 Å². The van der Waals surface area contributed by atoms with Gasteiger partial charge in [-0.25, -0.2) is 8.42 Å².